The van der Waals surface area contributed by atoms with Crippen LogP contribution in [0.15, 0.2) is 39.9 Å². The van der Waals surface area contributed by atoms with Gasteiger partial charge in [-0.3, -0.25) is 10.2 Å². The van der Waals surface area contributed by atoms with Gasteiger partial charge in [-0.05, 0) is 42.5 Å². The number of hydrazone groups is 1. The fourth-order valence-electron chi connectivity index (χ4n) is 2.08. The first kappa shape index (κ1) is 21.4. The van der Waals surface area contributed by atoms with Crippen molar-refractivity contribution >= 4 is 29.5 Å². The lowest BCUT2D eigenvalue weighted by Gasteiger charge is -2.09. The highest BCUT2D eigenvalue weighted by Gasteiger charge is 2.34. The van der Waals surface area contributed by atoms with E-state index in [1.807, 2.05) is 0 Å². The third-order valence-corrected chi connectivity index (χ3v) is 3.56. The van der Waals surface area contributed by atoms with E-state index < -0.39 is 17.6 Å². The minimum absolute atomic E-state index is 0.0801. The largest absolute Gasteiger partial charge is 0.455 e. The SMILES string of the molecule is CC(=O)NCCNC(=S)NN=Cc1ccc(-c2ccc(F)c(C(F)(F)F)c2)o1. The average Bonchev–Trinajstić information content (AvgIpc) is 3.07. The predicted octanol–water partition coefficient (Wildman–Crippen LogP) is 3.04. The number of benzene rings is 1. The zero-order valence-corrected chi connectivity index (χ0v) is 15.4. The molecule has 150 valence electrons. The molecule has 0 saturated carbocycles. The van der Waals surface area contributed by atoms with Crippen LogP contribution < -0.4 is 16.1 Å². The van der Waals surface area contributed by atoms with E-state index in [4.69, 9.17) is 16.6 Å². The number of nitrogens with zero attached hydrogens (tertiary/aromatic N) is 1. The highest BCUT2D eigenvalue weighted by atomic mass is 32.1. The summed E-state index contributed by atoms with van der Waals surface area (Å²) in [5.74, 6) is -1.13. The standard InChI is InChI=1S/C17H16F4N4O2S/c1-10(26)22-6-7-23-16(28)25-24-9-12-3-5-15(27-12)11-2-4-14(18)13(8-11)17(19,20)21/h2-5,8-9H,6-7H2,1H3,(H,22,26)(H2,23,25,28). The van der Waals surface area contributed by atoms with E-state index in [9.17, 15) is 22.4 Å². The summed E-state index contributed by atoms with van der Waals surface area (Å²) in [6.07, 6.45) is -3.52. The highest BCUT2D eigenvalue weighted by Crippen LogP contribution is 2.34. The third kappa shape index (κ3) is 6.34. The first-order valence-corrected chi connectivity index (χ1v) is 8.36. The van der Waals surface area contributed by atoms with Gasteiger partial charge in [0.1, 0.15) is 17.3 Å². The van der Waals surface area contributed by atoms with Gasteiger partial charge in [0.15, 0.2) is 5.11 Å². The van der Waals surface area contributed by atoms with E-state index >= 15 is 0 Å². The number of carbonyl (C=O) groups excluding carboxylic acids is 1. The molecule has 1 aromatic carbocycles. The Balaban J connectivity index is 1.95. The topological polar surface area (TPSA) is 78.7 Å². The first-order chi connectivity index (χ1) is 13.2. The summed E-state index contributed by atoms with van der Waals surface area (Å²) in [5.41, 5.74) is 1.24. The minimum Gasteiger partial charge on any atom is -0.455 e. The van der Waals surface area contributed by atoms with Gasteiger partial charge < -0.3 is 15.1 Å². The van der Waals surface area contributed by atoms with Crippen LogP contribution in [0.4, 0.5) is 17.6 Å². The van der Waals surface area contributed by atoms with E-state index in [2.05, 4.69) is 21.2 Å². The Hall–Kier alpha value is -2.95. The molecule has 0 aliphatic rings. The van der Waals surface area contributed by atoms with E-state index in [1.54, 1.807) is 0 Å². The van der Waals surface area contributed by atoms with Gasteiger partial charge in [-0.25, -0.2) is 4.39 Å². The molecule has 1 amide bonds. The molecule has 2 rings (SSSR count). The number of halogens is 4. The van der Waals surface area contributed by atoms with Crippen LogP contribution in [0.5, 0.6) is 0 Å². The van der Waals surface area contributed by atoms with Crippen molar-refractivity contribution in [2.45, 2.75) is 13.1 Å². The van der Waals surface area contributed by atoms with E-state index in [1.165, 1.54) is 31.3 Å². The number of alkyl halides is 3. The second-order valence-corrected chi connectivity index (χ2v) is 5.91. The van der Waals surface area contributed by atoms with Gasteiger partial charge in [0.25, 0.3) is 0 Å². The molecule has 0 aliphatic carbocycles. The molecule has 0 aliphatic heterocycles. The van der Waals surface area contributed by atoms with Crippen molar-refractivity contribution in [1.29, 1.82) is 0 Å². The number of carbonyl (C=O) groups is 1. The summed E-state index contributed by atoms with van der Waals surface area (Å²) >= 11 is 4.97. The van der Waals surface area contributed by atoms with Gasteiger partial charge in [-0.2, -0.15) is 18.3 Å². The maximum atomic E-state index is 13.4. The summed E-state index contributed by atoms with van der Waals surface area (Å²) in [5, 5.41) is 9.43. The number of hydrogen-bond acceptors (Lipinski definition) is 4. The number of nitrogens with one attached hydrogen (secondary N) is 3. The molecule has 0 bridgehead atoms. The lowest BCUT2D eigenvalue weighted by molar-refractivity contribution is -0.140. The van der Waals surface area contributed by atoms with Crippen LogP contribution in [-0.4, -0.2) is 30.3 Å². The Morgan fingerprint density at radius 2 is 1.93 bits per heavy atom. The van der Waals surface area contributed by atoms with Crippen LogP contribution >= 0.6 is 12.2 Å². The van der Waals surface area contributed by atoms with Crippen molar-refractivity contribution in [2.75, 3.05) is 13.1 Å². The Morgan fingerprint density at radius 3 is 2.61 bits per heavy atom. The van der Waals surface area contributed by atoms with Gasteiger partial charge in [-0.15, -0.1) is 0 Å². The molecule has 0 radical (unpaired) electrons. The Labute approximate surface area is 163 Å². The van der Waals surface area contributed by atoms with Gasteiger partial charge in [0.05, 0.1) is 11.8 Å². The van der Waals surface area contributed by atoms with E-state index in [0.29, 0.717) is 19.2 Å². The fraction of sp³-hybridized carbons (Fsp3) is 0.235. The smallest absolute Gasteiger partial charge is 0.419 e. The molecule has 1 heterocycles. The predicted molar refractivity (Wildman–Crippen MR) is 99.1 cm³/mol. The van der Waals surface area contributed by atoms with E-state index in [0.717, 1.165) is 6.07 Å². The summed E-state index contributed by atoms with van der Waals surface area (Å²) in [7, 11) is 0. The normalized spacial score (nSPS) is 11.5. The molecule has 0 spiro atoms. The maximum Gasteiger partial charge on any atom is 0.419 e. The van der Waals surface area contributed by atoms with Crippen LogP contribution in [0.3, 0.4) is 0 Å². The molecule has 11 heteroatoms. The van der Waals surface area contributed by atoms with Crippen LogP contribution in [0, 0.1) is 5.82 Å². The monoisotopic (exact) mass is 416 g/mol. The molecule has 2 aromatic rings. The molecule has 0 unspecified atom stereocenters. The molecular weight excluding hydrogens is 400 g/mol. The lowest BCUT2D eigenvalue weighted by Crippen LogP contribution is -2.37. The lowest BCUT2D eigenvalue weighted by atomic mass is 10.1. The Bertz CT molecular complexity index is 880. The molecule has 1 aromatic heterocycles. The van der Waals surface area contributed by atoms with Crippen molar-refractivity contribution in [3.05, 3.63) is 47.5 Å². The average molecular weight is 416 g/mol. The fourth-order valence-corrected chi connectivity index (χ4v) is 2.24. The summed E-state index contributed by atoms with van der Waals surface area (Å²) in [4.78, 5) is 10.7. The van der Waals surface area contributed by atoms with Crippen LogP contribution in [0.25, 0.3) is 11.3 Å². The summed E-state index contributed by atoms with van der Waals surface area (Å²) in [6.45, 7) is 2.19. The number of thiocarbonyl (C=S) groups is 1. The highest BCUT2D eigenvalue weighted by molar-refractivity contribution is 7.80. The quantitative estimate of drug-likeness (QED) is 0.222. The third-order valence-electron chi connectivity index (χ3n) is 3.33. The van der Waals surface area contributed by atoms with Crippen molar-refractivity contribution in [2.24, 2.45) is 5.10 Å². The molecule has 3 N–H and O–H groups in total. The van der Waals surface area contributed by atoms with Crippen LogP contribution in [0.2, 0.25) is 0 Å². The number of rotatable bonds is 6. The van der Waals surface area contributed by atoms with E-state index in [-0.39, 0.29) is 28.1 Å². The molecular formula is C17H16F4N4O2S. The second kappa shape index (κ2) is 9.31. The second-order valence-electron chi connectivity index (χ2n) is 5.50. The maximum absolute atomic E-state index is 13.4. The van der Waals surface area contributed by atoms with Gasteiger partial charge in [-0.1, -0.05) is 0 Å². The van der Waals surface area contributed by atoms with Crippen molar-refractivity contribution in [1.82, 2.24) is 16.1 Å². The zero-order valence-electron chi connectivity index (χ0n) is 14.6. The van der Waals surface area contributed by atoms with Crippen LogP contribution in [0.1, 0.15) is 18.2 Å². The molecule has 28 heavy (non-hydrogen) atoms. The van der Waals surface area contributed by atoms with Crippen molar-refractivity contribution < 1.29 is 26.8 Å². The minimum atomic E-state index is -4.80. The van der Waals surface area contributed by atoms with Crippen LogP contribution in [-0.2, 0) is 11.0 Å². The summed E-state index contributed by atoms with van der Waals surface area (Å²) in [6, 6.07) is 5.54. The molecule has 0 atom stereocenters. The van der Waals surface area contributed by atoms with Gasteiger partial charge in [0.2, 0.25) is 5.91 Å². The number of furan rings is 1. The zero-order chi connectivity index (χ0) is 20.7. The summed E-state index contributed by atoms with van der Waals surface area (Å²) < 4.78 is 57.2. The molecule has 0 fully saturated rings. The van der Waals surface area contributed by atoms with Crippen molar-refractivity contribution in [3.63, 3.8) is 0 Å². The van der Waals surface area contributed by atoms with Gasteiger partial charge in [0, 0.05) is 25.6 Å². The Morgan fingerprint density at radius 1 is 1.21 bits per heavy atom. The number of amides is 1. The Kier molecular flexibility index (Phi) is 7.10. The number of hydrogen-bond donors (Lipinski definition) is 3. The molecule has 0 saturated heterocycles. The van der Waals surface area contributed by atoms with Gasteiger partial charge >= 0.3 is 6.18 Å². The van der Waals surface area contributed by atoms with Crippen molar-refractivity contribution in [3.8, 4) is 11.3 Å². The first-order valence-electron chi connectivity index (χ1n) is 7.95. The molecule has 6 nitrogen and oxygen atoms in total.